The summed E-state index contributed by atoms with van der Waals surface area (Å²) in [5.74, 6) is 1.31. The fourth-order valence-corrected chi connectivity index (χ4v) is 2.44. The van der Waals surface area contributed by atoms with Crippen molar-refractivity contribution in [2.75, 3.05) is 11.9 Å². The topological polar surface area (TPSA) is 47.0 Å². The summed E-state index contributed by atoms with van der Waals surface area (Å²) in [6.45, 7) is 2.52. The maximum Gasteiger partial charge on any atom is 0.218 e. The molecule has 116 valence electrons. The lowest BCUT2D eigenvalue weighted by atomic mass is 9.99. The number of aromatic nitrogens is 2. The molecule has 1 heterocycles. The van der Waals surface area contributed by atoms with E-state index in [4.69, 9.17) is 4.74 Å². The standard InChI is InChI=1S/C19H19N3O/c1-2-23-18-13-17(20-14-21-18)22-19(15-9-5-3-6-10-15)16-11-7-4-8-12-16/h3-14,19H,2H2,1H3,(H,20,21,22). The molecule has 0 saturated carbocycles. The lowest BCUT2D eigenvalue weighted by Gasteiger charge is -2.20. The fourth-order valence-electron chi connectivity index (χ4n) is 2.44. The largest absolute Gasteiger partial charge is 0.478 e. The Kier molecular flexibility index (Phi) is 4.84. The SMILES string of the molecule is CCOc1cc(NC(c2ccccc2)c2ccccc2)ncn1. The van der Waals surface area contributed by atoms with Crippen molar-refractivity contribution in [3.63, 3.8) is 0 Å². The first-order chi connectivity index (χ1) is 11.4. The van der Waals surface area contributed by atoms with Gasteiger partial charge in [-0.3, -0.25) is 0 Å². The third-order valence-electron chi connectivity index (χ3n) is 3.49. The summed E-state index contributed by atoms with van der Waals surface area (Å²) in [5, 5.41) is 3.48. The van der Waals surface area contributed by atoms with Crippen LogP contribution in [0.3, 0.4) is 0 Å². The molecular weight excluding hydrogens is 286 g/mol. The van der Waals surface area contributed by atoms with Gasteiger partial charge in [0.15, 0.2) is 0 Å². The quantitative estimate of drug-likeness (QED) is 0.745. The molecule has 0 bridgehead atoms. The summed E-state index contributed by atoms with van der Waals surface area (Å²) >= 11 is 0. The molecule has 0 saturated heterocycles. The third kappa shape index (κ3) is 3.86. The normalized spacial score (nSPS) is 10.5. The molecular formula is C19H19N3O. The zero-order chi connectivity index (χ0) is 15.9. The molecule has 0 aliphatic carbocycles. The number of rotatable bonds is 6. The van der Waals surface area contributed by atoms with Gasteiger partial charge in [-0.05, 0) is 18.1 Å². The zero-order valence-corrected chi connectivity index (χ0v) is 13.0. The minimum atomic E-state index is 0.0155. The average Bonchev–Trinajstić information content (AvgIpc) is 2.62. The highest BCUT2D eigenvalue weighted by atomic mass is 16.5. The van der Waals surface area contributed by atoms with E-state index in [0.717, 1.165) is 5.82 Å². The summed E-state index contributed by atoms with van der Waals surface area (Å²) in [6.07, 6.45) is 1.51. The van der Waals surface area contributed by atoms with E-state index in [1.807, 2.05) is 49.4 Å². The van der Waals surface area contributed by atoms with Gasteiger partial charge in [-0.2, -0.15) is 0 Å². The molecule has 3 rings (SSSR count). The molecule has 0 spiro atoms. The Balaban J connectivity index is 1.92. The number of anilines is 1. The van der Waals surface area contributed by atoms with Gasteiger partial charge >= 0.3 is 0 Å². The van der Waals surface area contributed by atoms with E-state index >= 15 is 0 Å². The molecule has 0 unspecified atom stereocenters. The van der Waals surface area contributed by atoms with Gasteiger partial charge in [-0.1, -0.05) is 60.7 Å². The molecule has 0 aliphatic heterocycles. The van der Waals surface area contributed by atoms with Gasteiger partial charge in [-0.15, -0.1) is 0 Å². The Morgan fingerprint density at radius 1 is 0.913 bits per heavy atom. The minimum absolute atomic E-state index is 0.0155. The summed E-state index contributed by atoms with van der Waals surface area (Å²) in [4.78, 5) is 8.42. The van der Waals surface area contributed by atoms with Crippen LogP contribution in [0.25, 0.3) is 0 Å². The van der Waals surface area contributed by atoms with Gasteiger partial charge in [0.2, 0.25) is 5.88 Å². The first kappa shape index (κ1) is 15.0. The van der Waals surface area contributed by atoms with Crippen LogP contribution in [0.5, 0.6) is 5.88 Å². The maximum absolute atomic E-state index is 5.45. The molecule has 0 atom stereocenters. The van der Waals surface area contributed by atoms with E-state index in [0.29, 0.717) is 12.5 Å². The molecule has 0 aliphatic rings. The third-order valence-corrected chi connectivity index (χ3v) is 3.49. The van der Waals surface area contributed by atoms with E-state index in [9.17, 15) is 0 Å². The van der Waals surface area contributed by atoms with Gasteiger partial charge in [-0.25, -0.2) is 9.97 Å². The Hall–Kier alpha value is -2.88. The molecule has 0 radical (unpaired) electrons. The van der Waals surface area contributed by atoms with Crippen molar-refractivity contribution >= 4 is 5.82 Å². The molecule has 0 fully saturated rings. The first-order valence-electron chi connectivity index (χ1n) is 7.68. The van der Waals surface area contributed by atoms with Crippen LogP contribution in [0.15, 0.2) is 73.1 Å². The number of hydrogen-bond acceptors (Lipinski definition) is 4. The number of ether oxygens (including phenoxy) is 1. The smallest absolute Gasteiger partial charge is 0.218 e. The molecule has 2 aromatic carbocycles. The van der Waals surface area contributed by atoms with Crippen molar-refractivity contribution in [3.8, 4) is 5.88 Å². The molecule has 1 N–H and O–H groups in total. The molecule has 23 heavy (non-hydrogen) atoms. The molecule has 3 aromatic rings. The van der Waals surface area contributed by atoms with Crippen LogP contribution in [0.2, 0.25) is 0 Å². The Bertz CT molecular complexity index is 692. The predicted octanol–water partition coefficient (Wildman–Crippen LogP) is 4.08. The Morgan fingerprint density at radius 2 is 1.52 bits per heavy atom. The average molecular weight is 305 g/mol. The van der Waals surface area contributed by atoms with Gasteiger partial charge in [0.05, 0.1) is 12.6 Å². The molecule has 4 heteroatoms. The Labute approximate surface area is 136 Å². The minimum Gasteiger partial charge on any atom is -0.478 e. The predicted molar refractivity (Wildman–Crippen MR) is 91.6 cm³/mol. The van der Waals surface area contributed by atoms with Crippen LogP contribution in [0, 0.1) is 0 Å². The van der Waals surface area contributed by atoms with E-state index in [1.165, 1.54) is 17.5 Å². The number of nitrogens with one attached hydrogen (secondary N) is 1. The highest BCUT2D eigenvalue weighted by Gasteiger charge is 2.14. The van der Waals surface area contributed by atoms with E-state index < -0.39 is 0 Å². The molecule has 1 aromatic heterocycles. The lowest BCUT2D eigenvalue weighted by Crippen LogP contribution is -2.13. The van der Waals surface area contributed by atoms with Crippen LogP contribution in [0.4, 0.5) is 5.82 Å². The zero-order valence-electron chi connectivity index (χ0n) is 13.0. The Morgan fingerprint density at radius 3 is 2.09 bits per heavy atom. The van der Waals surface area contributed by atoms with Gasteiger partial charge in [0, 0.05) is 6.07 Å². The van der Waals surface area contributed by atoms with Crippen molar-refractivity contribution in [1.82, 2.24) is 9.97 Å². The second-order valence-corrected chi connectivity index (χ2v) is 5.07. The summed E-state index contributed by atoms with van der Waals surface area (Å²) in [7, 11) is 0. The first-order valence-corrected chi connectivity index (χ1v) is 7.68. The summed E-state index contributed by atoms with van der Waals surface area (Å²) < 4.78 is 5.45. The van der Waals surface area contributed by atoms with Crippen LogP contribution in [-0.2, 0) is 0 Å². The summed E-state index contributed by atoms with van der Waals surface area (Å²) in [5.41, 5.74) is 2.35. The van der Waals surface area contributed by atoms with Crippen LogP contribution in [0.1, 0.15) is 24.1 Å². The highest BCUT2D eigenvalue weighted by Crippen LogP contribution is 2.26. The number of benzene rings is 2. The maximum atomic E-state index is 5.45. The van der Waals surface area contributed by atoms with Crippen LogP contribution in [-0.4, -0.2) is 16.6 Å². The van der Waals surface area contributed by atoms with Crippen molar-refractivity contribution in [1.29, 1.82) is 0 Å². The van der Waals surface area contributed by atoms with Crippen LogP contribution < -0.4 is 10.1 Å². The van der Waals surface area contributed by atoms with Gasteiger partial charge in [0.25, 0.3) is 0 Å². The molecule has 4 nitrogen and oxygen atoms in total. The fraction of sp³-hybridized carbons (Fsp3) is 0.158. The van der Waals surface area contributed by atoms with Gasteiger partial charge in [0.1, 0.15) is 12.1 Å². The van der Waals surface area contributed by atoms with Crippen molar-refractivity contribution < 1.29 is 4.74 Å². The second-order valence-electron chi connectivity index (χ2n) is 5.07. The second kappa shape index (κ2) is 7.40. The highest BCUT2D eigenvalue weighted by molar-refractivity contribution is 5.45. The van der Waals surface area contributed by atoms with E-state index in [1.54, 1.807) is 0 Å². The van der Waals surface area contributed by atoms with Crippen molar-refractivity contribution in [2.45, 2.75) is 13.0 Å². The van der Waals surface area contributed by atoms with E-state index in [-0.39, 0.29) is 6.04 Å². The summed E-state index contributed by atoms with van der Waals surface area (Å²) in [6, 6.07) is 22.5. The monoisotopic (exact) mass is 305 g/mol. The van der Waals surface area contributed by atoms with Gasteiger partial charge < -0.3 is 10.1 Å². The van der Waals surface area contributed by atoms with Crippen molar-refractivity contribution in [3.05, 3.63) is 84.2 Å². The lowest BCUT2D eigenvalue weighted by molar-refractivity contribution is 0.326. The van der Waals surface area contributed by atoms with Crippen molar-refractivity contribution in [2.24, 2.45) is 0 Å². The van der Waals surface area contributed by atoms with Crippen LogP contribution >= 0.6 is 0 Å². The molecule has 0 amide bonds. The van der Waals surface area contributed by atoms with E-state index in [2.05, 4.69) is 39.6 Å². The number of nitrogens with zero attached hydrogens (tertiary/aromatic N) is 2. The number of hydrogen-bond donors (Lipinski definition) is 1.